The Morgan fingerprint density at radius 3 is 2.79 bits per heavy atom. The van der Waals surface area contributed by atoms with Gasteiger partial charge < -0.3 is 4.74 Å². The van der Waals surface area contributed by atoms with E-state index in [1.54, 1.807) is 31.5 Å². The van der Waals surface area contributed by atoms with Crippen LogP contribution in [0.25, 0.3) is 0 Å². The third kappa shape index (κ3) is 1.19. The van der Waals surface area contributed by atoms with Crippen molar-refractivity contribution in [2.75, 3.05) is 0 Å². The van der Waals surface area contributed by atoms with Crippen molar-refractivity contribution in [3.05, 3.63) is 30.1 Å². The molecule has 2 heterocycles. The van der Waals surface area contributed by atoms with Gasteiger partial charge in [0.1, 0.15) is 5.41 Å². The summed E-state index contributed by atoms with van der Waals surface area (Å²) in [6, 6.07) is 3.50. The molecule has 0 saturated carbocycles. The number of hydrogen-bond acceptors (Lipinski definition) is 4. The number of rotatable bonds is 1. The number of aromatic nitrogens is 1. The molecule has 1 unspecified atom stereocenters. The van der Waals surface area contributed by atoms with Crippen molar-refractivity contribution in [2.45, 2.75) is 18.8 Å². The molecule has 14 heavy (non-hydrogen) atoms. The lowest BCUT2D eigenvalue weighted by atomic mass is 9.82. The van der Waals surface area contributed by atoms with E-state index in [9.17, 15) is 9.59 Å². The lowest BCUT2D eigenvalue weighted by molar-refractivity contribution is -0.153. The minimum atomic E-state index is -0.856. The number of pyridine rings is 1. The smallest absolute Gasteiger partial charge is 0.324 e. The largest absolute Gasteiger partial charge is 0.392 e. The zero-order chi connectivity index (χ0) is 10.2. The van der Waals surface area contributed by atoms with Gasteiger partial charge in [0.05, 0.1) is 6.42 Å². The monoisotopic (exact) mass is 191 g/mol. The number of esters is 2. The Morgan fingerprint density at radius 2 is 2.29 bits per heavy atom. The number of nitrogens with zero attached hydrogens (tertiary/aromatic N) is 1. The summed E-state index contributed by atoms with van der Waals surface area (Å²) in [5, 5.41) is 0. The van der Waals surface area contributed by atoms with Gasteiger partial charge in [-0.25, -0.2) is 0 Å². The van der Waals surface area contributed by atoms with Gasteiger partial charge in [0, 0.05) is 12.4 Å². The Bertz CT molecular complexity index is 388. The van der Waals surface area contributed by atoms with Crippen LogP contribution in [0.4, 0.5) is 0 Å². The highest BCUT2D eigenvalue weighted by molar-refractivity contribution is 6.00. The fourth-order valence-electron chi connectivity index (χ4n) is 1.52. The SMILES string of the molecule is CC1(c2cccnc2)CC(=O)OC1=O. The minimum Gasteiger partial charge on any atom is -0.392 e. The second kappa shape index (κ2) is 2.90. The molecule has 4 nitrogen and oxygen atoms in total. The first kappa shape index (κ1) is 8.87. The van der Waals surface area contributed by atoms with Crippen LogP contribution < -0.4 is 0 Å². The Morgan fingerprint density at radius 1 is 1.50 bits per heavy atom. The normalized spacial score (nSPS) is 26.4. The Balaban J connectivity index is 2.43. The number of carbonyl (C=O) groups excluding carboxylic acids is 2. The zero-order valence-electron chi connectivity index (χ0n) is 7.69. The summed E-state index contributed by atoms with van der Waals surface area (Å²) in [5.74, 6) is -0.961. The maximum atomic E-state index is 11.4. The maximum absolute atomic E-state index is 11.4. The van der Waals surface area contributed by atoms with Gasteiger partial charge in [0.2, 0.25) is 0 Å². The standard InChI is InChI=1S/C10H9NO3/c1-10(5-8(12)14-9(10)13)7-3-2-4-11-6-7/h2-4,6H,5H2,1H3. The van der Waals surface area contributed by atoms with Crippen molar-refractivity contribution in [3.63, 3.8) is 0 Å². The number of carbonyl (C=O) groups is 2. The first-order chi connectivity index (χ1) is 6.63. The highest BCUT2D eigenvalue weighted by Gasteiger charge is 2.46. The summed E-state index contributed by atoms with van der Waals surface area (Å²) in [7, 11) is 0. The van der Waals surface area contributed by atoms with Gasteiger partial charge in [-0.2, -0.15) is 0 Å². The second-order valence-corrected chi connectivity index (χ2v) is 3.51. The fraction of sp³-hybridized carbons (Fsp3) is 0.300. The molecule has 2 rings (SSSR count). The predicted octanol–water partition coefficient (Wildman–Crippen LogP) is 0.813. The molecule has 0 radical (unpaired) electrons. The molecule has 1 atom stereocenters. The van der Waals surface area contributed by atoms with Crippen LogP contribution in [0, 0.1) is 0 Å². The number of hydrogen-bond donors (Lipinski definition) is 0. The molecule has 1 saturated heterocycles. The van der Waals surface area contributed by atoms with Crippen LogP contribution >= 0.6 is 0 Å². The van der Waals surface area contributed by atoms with Crippen molar-refractivity contribution in [3.8, 4) is 0 Å². The van der Waals surface area contributed by atoms with Crippen molar-refractivity contribution < 1.29 is 14.3 Å². The topological polar surface area (TPSA) is 56.3 Å². The summed E-state index contributed by atoms with van der Waals surface area (Å²) in [6.07, 6.45) is 3.30. The minimum absolute atomic E-state index is 0.0948. The van der Waals surface area contributed by atoms with E-state index >= 15 is 0 Å². The van der Waals surface area contributed by atoms with Gasteiger partial charge in [-0.15, -0.1) is 0 Å². The molecule has 0 aliphatic carbocycles. The summed E-state index contributed by atoms with van der Waals surface area (Å²) in [4.78, 5) is 26.3. The van der Waals surface area contributed by atoms with E-state index in [1.165, 1.54) is 0 Å². The number of ether oxygens (including phenoxy) is 1. The summed E-state index contributed by atoms with van der Waals surface area (Å²) >= 11 is 0. The molecule has 0 amide bonds. The quantitative estimate of drug-likeness (QED) is 0.487. The van der Waals surface area contributed by atoms with Crippen molar-refractivity contribution in [2.24, 2.45) is 0 Å². The molecule has 1 aliphatic rings. The Labute approximate surface area is 80.9 Å². The summed E-state index contributed by atoms with van der Waals surface area (Å²) in [6.45, 7) is 1.69. The van der Waals surface area contributed by atoms with Crippen molar-refractivity contribution >= 4 is 11.9 Å². The second-order valence-electron chi connectivity index (χ2n) is 3.51. The summed E-state index contributed by atoms with van der Waals surface area (Å²) in [5.41, 5.74) is -0.137. The van der Waals surface area contributed by atoms with Gasteiger partial charge in [0.15, 0.2) is 0 Å². The molecule has 1 aromatic heterocycles. The molecule has 0 aromatic carbocycles. The third-order valence-corrected chi connectivity index (χ3v) is 2.45. The molecular formula is C10H9NO3. The summed E-state index contributed by atoms with van der Waals surface area (Å²) < 4.78 is 4.53. The highest BCUT2D eigenvalue weighted by Crippen LogP contribution is 2.33. The van der Waals surface area contributed by atoms with Crippen molar-refractivity contribution in [1.29, 1.82) is 0 Å². The predicted molar refractivity (Wildman–Crippen MR) is 47.3 cm³/mol. The van der Waals surface area contributed by atoms with E-state index < -0.39 is 17.4 Å². The zero-order valence-corrected chi connectivity index (χ0v) is 7.69. The van der Waals surface area contributed by atoms with Crippen molar-refractivity contribution in [1.82, 2.24) is 4.98 Å². The van der Waals surface area contributed by atoms with Gasteiger partial charge in [0.25, 0.3) is 0 Å². The van der Waals surface area contributed by atoms with Gasteiger partial charge in [-0.3, -0.25) is 14.6 Å². The Kier molecular flexibility index (Phi) is 1.84. The van der Waals surface area contributed by atoms with Gasteiger partial charge >= 0.3 is 11.9 Å². The molecular weight excluding hydrogens is 182 g/mol. The molecule has 1 aromatic rings. The molecule has 72 valence electrons. The van der Waals surface area contributed by atoms with Gasteiger partial charge in [-0.05, 0) is 18.6 Å². The maximum Gasteiger partial charge on any atom is 0.324 e. The fourth-order valence-corrected chi connectivity index (χ4v) is 1.52. The first-order valence-corrected chi connectivity index (χ1v) is 4.28. The average molecular weight is 191 g/mol. The van der Waals surface area contributed by atoms with E-state index in [0.29, 0.717) is 0 Å². The third-order valence-electron chi connectivity index (χ3n) is 2.45. The van der Waals surface area contributed by atoms with Crippen LogP contribution in [0.2, 0.25) is 0 Å². The average Bonchev–Trinajstić information content (AvgIpc) is 2.43. The number of cyclic esters (lactones) is 2. The van der Waals surface area contributed by atoms with Crippen LogP contribution in [-0.4, -0.2) is 16.9 Å². The van der Waals surface area contributed by atoms with Crippen LogP contribution in [-0.2, 0) is 19.7 Å². The molecule has 1 fully saturated rings. The first-order valence-electron chi connectivity index (χ1n) is 4.28. The van der Waals surface area contributed by atoms with Gasteiger partial charge in [-0.1, -0.05) is 6.07 Å². The lowest BCUT2D eigenvalue weighted by Gasteiger charge is -2.16. The molecule has 0 spiro atoms. The molecule has 0 bridgehead atoms. The van der Waals surface area contributed by atoms with E-state index in [2.05, 4.69) is 9.72 Å². The lowest BCUT2D eigenvalue weighted by Crippen LogP contribution is -2.27. The van der Waals surface area contributed by atoms with Crippen LogP contribution in [0.3, 0.4) is 0 Å². The molecule has 1 aliphatic heterocycles. The van der Waals surface area contributed by atoms with E-state index in [1.807, 2.05) is 0 Å². The van der Waals surface area contributed by atoms with Crippen LogP contribution in [0.5, 0.6) is 0 Å². The molecule has 0 N–H and O–H groups in total. The molecule has 4 heteroatoms. The Hall–Kier alpha value is -1.71. The van der Waals surface area contributed by atoms with E-state index in [4.69, 9.17) is 0 Å². The van der Waals surface area contributed by atoms with E-state index in [-0.39, 0.29) is 6.42 Å². The van der Waals surface area contributed by atoms with Crippen LogP contribution in [0.1, 0.15) is 18.9 Å². The highest BCUT2D eigenvalue weighted by atomic mass is 16.6. The van der Waals surface area contributed by atoms with E-state index in [0.717, 1.165) is 5.56 Å². The van der Waals surface area contributed by atoms with Crippen LogP contribution in [0.15, 0.2) is 24.5 Å².